The van der Waals surface area contributed by atoms with E-state index in [0.717, 1.165) is 0 Å². The second-order valence-corrected chi connectivity index (χ2v) is 5.22. The summed E-state index contributed by atoms with van der Waals surface area (Å²) in [7, 11) is 0. The Hall–Kier alpha value is -2.28. The fourth-order valence-corrected chi connectivity index (χ4v) is 2.12. The highest BCUT2D eigenvalue weighted by molar-refractivity contribution is 9.10. The number of carbonyl (C=O) groups is 1. The van der Waals surface area contributed by atoms with Crippen LogP contribution in [0.25, 0.3) is 0 Å². The Morgan fingerprint density at radius 2 is 2.05 bits per heavy atom. The van der Waals surface area contributed by atoms with Gasteiger partial charge in [-0.2, -0.15) is 0 Å². The average Bonchev–Trinajstić information content (AvgIpc) is 2.43. The van der Waals surface area contributed by atoms with Gasteiger partial charge in [-0.05, 0) is 30.7 Å². The summed E-state index contributed by atoms with van der Waals surface area (Å²) in [6, 6.07) is 8.60. The van der Waals surface area contributed by atoms with Crippen molar-refractivity contribution in [1.82, 2.24) is 0 Å². The average molecular weight is 353 g/mol. The van der Waals surface area contributed by atoms with E-state index in [9.17, 15) is 19.3 Å². The number of hydrogen-bond donors (Lipinski definition) is 1. The van der Waals surface area contributed by atoms with Crippen molar-refractivity contribution in [2.75, 3.05) is 5.32 Å². The monoisotopic (exact) mass is 352 g/mol. The Bertz CT molecular complexity index is 734. The van der Waals surface area contributed by atoms with Crippen LogP contribution in [0.2, 0.25) is 0 Å². The molecule has 5 nitrogen and oxygen atoms in total. The highest BCUT2D eigenvalue weighted by Gasteiger charge is 2.19. The lowest BCUT2D eigenvalue weighted by molar-refractivity contribution is -0.384. The quantitative estimate of drug-likeness (QED) is 0.668. The number of carbonyl (C=O) groups excluding carboxylic acids is 1. The van der Waals surface area contributed by atoms with Gasteiger partial charge in [-0.1, -0.05) is 28.1 Å². The predicted molar refractivity (Wildman–Crippen MR) is 79.9 cm³/mol. The summed E-state index contributed by atoms with van der Waals surface area (Å²) in [5.74, 6) is -1.38. The van der Waals surface area contributed by atoms with Crippen molar-refractivity contribution in [3.8, 4) is 0 Å². The molecule has 1 amide bonds. The molecule has 0 aliphatic carbocycles. The molecule has 7 heteroatoms. The summed E-state index contributed by atoms with van der Waals surface area (Å²) in [4.78, 5) is 22.4. The van der Waals surface area contributed by atoms with Crippen molar-refractivity contribution >= 4 is 33.2 Å². The Labute approximate surface area is 128 Å². The molecular formula is C14H10BrFN2O3. The SMILES string of the molecule is Cc1cccc(C(=O)Nc2ccc(Br)cc2[N+](=O)[O-])c1F. The normalized spacial score (nSPS) is 10.2. The van der Waals surface area contributed by atoms with Gasteiger partial charge in [0.05, 0.1) is 10.5 Å². The van der Waals surface area contributed by atoms with Crippen LogP contribution in [0.15, 0.2) is 40.9 Å². The first-order valence-corrected chi connectivity index (χ1v) is 6.70. The van der Waals surface area contributed by atoms with Crippen LogP contribution in [0, 0.1) is 22.9 Å². The van der Waals surface area contributed by atoms with Gasteiger partial charge in [0.1, 0.15) is 11.5 Å². The molecule has 0 heterocycles. The van der Waals surface area contributed by atoms with Crippen molar-refractivity contribution in [2.45, 2.75) is 6.92 Å². The molecule has 1 N–H and O–H groups in total. The maximum absolute atomic E-state index is 13.9. The lowest BCUT2D eigenvalue weighted by Crippen LogP contribution is -2.15. The minimum atomic E-state index is -0.735. The zero-order valence-electron chi connectivity index (χ0n) is 10.9. The molecule has 0 atom stereocenters. The molecular weight excluding hydrogens is 343 g/mol. The number of benzene rings is 2. The molecule has 0 aliphatic heterocycles. The van der Waals surface area contributed by atoms with Crippen LogP contribution < -0.4 is 5.32 Å². The van der Waals surface area contributed by atoms with Crippen LogP contribution in [-0.4, -0.2) is 10.8 Å². The van der Waals surface area contributed by atoms with Crippen LogP contribution in [0.1, 0.15) is 15.9 Å². The summed E-state index contributed by atoms with van der Waals surface area (Å²) >= 11 is 3.12. The van der Waals surface area contributed by atoms with E-state index in [1.807, 2.05) is 0 Å². The van der Waals surface area contributed by atoms with Gasteiger partial charge in [-0.3, -0.25) is 14.9 Å². The third kappa shape index (κ3) is 3.25. The minimum Gasteiger partial charge on any atom is -0.316 e. The summed E-state index contributed by atoms with van der Waals surface area (Å²) in [5, 5.41) is 13.3. The number of halogens is 2. The van der Waals surface area contributed by atoms with Crippen molar-refractivity contribution in [2.24, 2.45) is 0 Å². The molecule has 2 rings (SSSR count). The van der Waals surface area contributed by atoms with E-state index >= 15 is 0 Å². The van der Waals surface area contributed by atoms with Gasteiger partial charge in [0.25, 0.3) is 11.6 Å². The van der Waals surface area contributed by atoms with Crippen LogP contribution in [-0.2, 0) is 0 Å². The minimum absolute atomic E-state index is 0.00843. The number of nitrogens with zero attached hydrogens (tertiary/aromatic N) is 1. The molecule has 0 fully saturated rings. The number of amides is 1. The maximum atomic E-state index is 13.9. The number of aryl methyl sites for hydroxylation is 1. The molecule has 0 bridgehead atoms. The highest BCUT2D eigenvalue weighted by atomic mass is 79.9. The summed E-state index contributed by atoms with van der Waals surface area (Å²) in [6.07, 6.45) is 0. The smallest absolute Gasteiger partial charge is 0.293 e. The zero-order valence-corrected chi connectivity index (χ0v) is 12.5. The van der Waals surface area contributed by atoms with E-state index in [0.29, 0.717) is 10.0 Å². The second-order valence-electron chi connectivity index (χ2n) is 4.31. The van der Waals surface area contributed by atoms with Crippen molar-refractivity contribution < 1.29 is 14.1 Å². The first-order chi connectivity index (χ1) is 9.90. The zero-order chi connectivity index (χ0) is 15.6. The predicted octanol–water partition coefficient (Wildman–Crippen LogP) is 4.06. The molecule has 0 aliphatic rings. The van der Waals surface area contributed by atoms with Crippen molar-refractivity contribution in [3.63, 3.8) is 0 Å². The number of rotatable bonds is 3. The topological polar surface area (TPSA) is 72.2 Å². The fraction of sp³-hybridized carbons (Fsp3) is 0.0714. The second kappa shape index (κ2) is 6.01. The molecule has 0 saturated heterocycles. The molecule has 2 aromatic carbocycles. The van der Waals surface area contributed by atoms with Gasteiger partial charge in [-0.25, -0.2) is 4.39 Å². The van der Waals surface area contributed by atoms with E-state index in [4.69, 9.17) is 0 Å². The van der Waals surface area contributed by atoms with E-state index in [1.165, 1.54) is 31.2 Å². The molecule has 0 saturated carbocycles. The summed E-state index contributed by atoms with van der Waals surface area (Å²) in [6.45, 7) is 1.54. The molecule has 0 radical (unpaired) electrons. The molecule has 0 unspecified atom stereocenters. The lowest BCUT2D eigenvalue weighted by Gasteiger charge is -2.08. The summed E-state index contributed by atoms with van der Waals surface area (Å²) in [5.41, 5.74) is -0.0972. The van der Waals surface area contributed by atoms with Gasteiger partial charge >= 0.3 is 0 Å². The van der Waals surface area contributed by atoms with Crippen LogP contribution in [0.4, 0.5) is 15.8 Å². The number of anilines is 1. The molecule has 108 valence electrons. The van der Waals surface area contributed by atoms with Crippen molar-refractivity contribution in [3.05, 3.63) is 67.9 Å². The number of nitro benzene ring substituents is 1. The van der Waals surface area contributed by atoms with Gasteiger partial charge in [0.2, 0.25) is 0 Å². The highest BCUT2D eigenvalue weighted by Crippen LogP contribution is 2.28. The van der Waals surface area contributed by atoms with Crippen LogP contribution in [0.5, 0.6) is 0 Å². The molecule has 0 spiro atoms. The first-order valence-electron chi connectivity index (χ1n) is 5.90. The van der Waals surface area contributed by atoms with Crippen LogP contribution in [0.3, 0.4) is 0 Å². The van der Waals surface area contributed by atoms with Gasteiger partial charge in [0.15, 0.2) is 0 Å². The van der Waals surface area contributed by atoms with Gasteiger partial charge in [0, 0.05) is 10.5 Å². The van der Waals surface area contributed by atoms with E-state index < -0.39 is 16.6 Å². The Morgan fingerprint density at radius 3 is 2.71 bits per heavy atom. The molecule has 0 aromatic heterocycles. The molecule has 2 aromatic rings. The number of nitro groups is 1. The largest absolute Gasteiger partial charge is 0.316 e. The van der Waals surface area contributed by atoms with Crippen molar-refractivity contribution in [1.29, 1.82) is 0 Å². The third-order valence-electron chi connectivity index (χ3n) is 2.84. The number of hydrogen-bond acceptors (Lipinski definition) is 3. The summed E-state index contributed by atoms with van der Waals surface area (Å²) < 4.78 is 14.4. The van der Waals surface area contributed by atoms with Gasteiger partial charge in [-0.15, -0.1) is 0 Å². The Morgan fingerprint density at radius 1 is 1.33 bits per heavy atom. The lowest BCUT2D eigenvalue weighted by atomic mass is 10.1. The van der Waals surface area contributed by atoms with E-state index in [2.05, 4.69) is 21.2 Å². The van der Waals surface area contributed by atoms with Crippen LogP contribution >= 0.6 is 15.9 Å². The number of nitrogens with one attached hydrogen (secondary N) is 1. The standard InChI is InChI=1S/C14H10BrFN2O3/c1-8-3-2-4-10(13(8)16)14(19)17-11-6-5-9(15)7-12(11)18(20)21/h2-7H,1H3,(H,17,19). The van der Waals surface area contributed by atoms with Gasteiger partial charge < -0.3 is 5.32 Å². The van der Waals surface area contributed by atoms with E-state index in [1.54, 1.807) is 12.1 Å². The molecule has 21 heavy (non-hydrogen) atoms. The van der Waals surface area contributed by atoms with E-state index in [-0.39, 0.29) is 16.9 Å². The Kier molecular flexibility index (Phi) is 4.32. The third-order valence-corrected chi connectivity index (χ3v) is 3.33. The fourth-order valence-electron chi connectivity index (χ4n) is 1.77. The Balaban J connectivity index is 2.36. The maximum Gasteiger partial charge on any atom is 0.293 e. The first kappa shape index (κ1) is 15.1.